The lowest BCUT2D eigenvalue weighted by Gasteiger charge is -2.39. The SMILES string of the molecule is CC1(C)CCC(N)C(c2ccc(Cl)cc2)C1. The van der Waals surface area contributed by atoms with Crippen LogP contribution in [0.1, 0.15) is 44.6 Å². The lowest BCUT2D eigenvalue weighted by Crippen LogP contribution is -2.37. The highest BCUT2D eigenvalue weighted by atomic mass is 35.5. The van der Waals surface area contributed by atoms with Crippen molar-refractivity contribution < 1.29 is 0 Å². The second-order valence-electron chi connectivity index (χ2n) is 5.73. The molecule has 2 unspecified atom stereocenters. The zero-order valence-corrected chi connectivity index (χ0v) is 10.8. The standard InChI is InChI=1S/C14H20ClN/c1-14(2)8-7-13(16)12(9-14)10-3-5-11(15)6-4-10/h3-6,12-13H,7-9,16H2,1-2H3. The van der Waals surface area contributed by atoms with Crippen LogP contribution in [0, 0.1) is 5.41 Å². The zero-order chi connectivity index (χ0) is 11.8. The van der Waals surface area contributed by atoms with Gasteiger partial charge < -0.3 is 5.73 Å². The van der Waals surface area contributed by atoms with Crippen molar-refractivity contribution in [2.24, 2.45) is 11.1 Å². The molecule has 2 N–H and O–H groups in total. The van der Waals surface area contributed by atoms with Gasteiger partial charge in [-0.15, -0.1) is 0 Å². The van der Waals surface area contributed by atoms with Crippen molar-refractivity contribution in [1.82, 2.24) is 0 Å². The molecule has 2 atom stereocenters. The van der Waals surface area contributed by atoms with Crippen LogP contribution >= 0.6 is 11.6 Å². The van der Waals surface area contributed by atoms with E-state index in [4.69, 9.17) is 17.3 Å². The third-order valence-corrected chi connectivity index (χ3v) is 3.99. The van der Waals surface area contributed by atoms with Crippen LogP contribution in [0.2, 0.25) is 5.02 Å². The average Bonchev–Trinajstić information content (AvgIpc) is 2.23. The second kappa shape index (κ2) is 4.38. The predicted molar refractivity (Wildman–Crippen MR) is 69.8 cm³/mol. The van der Waals surface area contributed by atoms with E-state index in [1.165, 1.54) is 18.4 Å². The van der Waals surface area contributed by atoms with Crippen molar-refractivity contribution >= 4 is 11.6 Å². The van der Waals surface area contributed by atoms with E-state index in [0.29, 0.717) is 17.4 Å². The maximum absolute atomic E-state index is 6.24. The normalized spacial score (nSPS) is 29.0. The molecule has 0 radical (unpaired) electrons. The summed E-state index contributed by atoms with van der Waals surface area (Å²) in [6, 6.07) is 8.47. The molecule has 1 saturated carbocycles. The summed E-state index contributed by atoms with van der Waals surface area (Å²) in [5.74, 6) is 0.487. The zero-order valence-electron chi connectivity index (χ0n) is 10.0. The van der Waals surface area contributed by atoms with Crippen LogP contribution in [0.5, 0.6) is 0 Å². The lowest BCUT2D eigenvalue weighted by atomic mass is 9.68. The van der Waals surface area contributed by atoms with Gasteiger partial charge in [0, 0.05) is 11.1 Å². The fourth-order valence-corrected chi connectivity index (χ4v) is 2.81. The Morgan fingerprint density at radius 2 is 1.88 bits per heavy atom. The molecule has 0 saturated heterocycles. The number of hydrogen-bond donors (Lipinski definition) is 1. The van der Waals surface area contributed by atoms with E-state index in [2.05, 4.69) is 26.0 Å². The van der Waals surface area contributed by atoms with Crippen LogP contribution in [0.25, 0.3) is 0 Å². The van der Waals surface area contributed by atoms with Gasteiger partial charge in [-0.2, -0.15) is 0 Å². The molecule has 2 heteroatoms. The van der Waals surface area contributed by atoms with Gasteiger partial charge in [-0.3, -0.25) is 0 Å². The van der Waals surface area contributed by atoms with E-state index >= 15 is 0 Å². The molecule has 1 aliphatic carbocycles. The van der Waals surface area contributed by atoms with Gasteiger partial charge in [0.2, 0.25) is 0 Å². The topological polar surface area (TPSA) is 26.0 Å². The Morgan fingerprint density at radius 1 is 1.25 bits per heavy atom. The first kappa shape index (κ1) is 11.9. The summed E-state index contributed by atoms with van der Waals surface area (Å²) in [4.78, 5) is 0. The Hall–Kier alpha value is -0.530. The molecule has 1 fully saturated rings. The van der Waals surface area contributed by atoms with Crippen molar-refractivity contribution in [1.29, 1.82) is 0 Å². The summed E-state index contributed by atoms with van der Waals surface area (Å²) in [6.07, 6.45) is 3.54. The van der Waals surface area contributed by atoms with Crippen LogP contribution < -0.4 is 5.73 Å². The molecule has 88 valence electrons. The first-order valence-electron chi connectivity index (χ1n) is 5.99. The van der Waals surface area contributed by atoms with Crippen molar-refractivity contribution in [2.45, 2.75) is 45.1 Å². The lowest BCUT2D eigenvalue weighted by molar-refractivity contribution is 0.198. The maximum Gasteiger partial charge on any atom is 0.0406 e. The van der Waals surface area contributed by atoms with Gasteiger partial charge in [-0.05, 0) is 48.3 Å². The van der Waals surface area contributed by atoms with Crippen LogP contribution in [-0.2, 0) is 0 Å². The summed E-state index contributed by atoms with van der Waals surface area (Å²) < 4.78 is 0. The number of benzene rings is 1. The number of rotatable bonds is 1. The molecule has 1 aromatic carbocycles. The third-order valence-electron chi connectivity index (χ3n) is 3.74. The molecule has 0 heterocycles. The molecule has 2 rings (SSSR count). The van der Waals surface area contributed by atoms with Gasteiger partial charge in [-0.25, -0.2) is 0 Å². The Morgan fingerprint density at radius 3 is 2.50 bits per heavy atom. The minimum absolute atomic E-state index is 0.300. The van der Waals surface area contributed by atoms with Gasteiger partial charge in [0.15, 0.2) is 0 Å². The van der Waals surface area contributed by atoms with Crippen LogP contribution in [0.3, 0.4) is 0 Å². The fraction of sp³-hybridized carbons (Fsp3) is 0.571. The minimum atomic E-state index is 0.300. The molecule has 0 spiro atoms. The Bertz CT molecular complexity index is 356. The van der Waals surface area contributed by atoms with Gasteiger partial charge in [0.1, 0.15) is 0 Å². The smallest absolute Gasteiger partial charge is 0.0406 e. The van der Waals surface area contributed by atoms with Crippen LogP contribution in [-0.4, -0.2) is 6.04 Å². The van der Waals surface area contributed by atoms with Gasteiger partial charge in [-0.1, -0.05) is 37.6 Å². The van der Waals surface area contributed by atoms with Crippen molar-refractivity contribution in [3.63, 3.8) is 0 Å². The molecule has 1 nitrogen and oxygen atoms in total. The molecule has 0 aromatic heterocycles. The van der Waals surface area contributed by atoms with E-state index in [0.717, 1.165) is 11.4 Å². The average molecular weight is 238 g/mol. The van der Waals surface area contributed by atoms with Crippen molar-refractivity contribution in [2.75, 3.05) is 0 Å². The quantitative estimate of drug-likeness (QED) is 0.786. The highest BCUT2D eigenvalue weighted by Crippen LogP contribution is 2.42. The van der Waals surface area contributed by atoms with Crippen LogP contribution in [0.4, 0.5) is 0 Å². The van der Waals surface area contributed by atoms with E-state index in [-0.39, 0.29) is 0 Å². The maximum atomic E-state index is 6.24. The second-order valence-corrected chi connectivity index (χ2v) is 6.17. The monoisotopic (exact) mass is 237 g/mol. The van der Waals surface area contributed by atoms with E-state index < -0.39 is 0 Å². The Labute approximate surface area is 103 Å². The van der Waals surface area contributed by atoms with Gasteiger partial charge in [0.25, 0.3) is 0 Å². The minimum Gasteiger partial charge on any atom is -0.327 e. The summed E-state index contributed by atoms with van der Waals surface area (Å²) in [5.41, 5.74) is 7.99. The first-order chi connectivity index (χ1) is 7.48. The van der Waals surface area contributed by atoms with Gasteiger partial charge >= 0.3 is 0 Å². The number of hydrogen-bond acceptors (Lipinski definition) is 1. The molecular formula is C14H20ClN. The highest BCUT2D eigenvalue weighted by molar-refractivity contribution is 6.30. The Balaban J connectivity index is 2.21. The van der Waals surface area contributed by atoms with Gasteiger partial charge in [0.05, 0.1) is 0 Å². The predicted octanol–water partition coefficient (Wildman–Crippen LogP) is 3.96. The fourth-order valence-electron chi connectivity index (χ4n) is 2.68. The molecule has 16 heavy (non-hydrogen) atoms. The molecule has 1 aliphatic rings. The first-order valence-corrected chi connectivity index (χ1v) is 6.37. The van der Waals surface area contributed by atoms with E-state index in [9.17, 15) is 0 Å². The third kappa shape index (κ3) is 2.58. The largest absolute Gasteiger partial charge is 0.327 e. The highest BCUT2D eigenvalue weighted by Gasteiger charge is 2.33. The number of halogens is 1. The number of nitrogens with two attached hydrogens (primary N) is 1. The molecule has 0 amide bonds. The van der Waals surface area contributed by atoms with E-state index in [1.54, 1.807) is 0 Å². The summed E-state index contributed by atoms with van der Waals surface area (Å²) in [7, 11) is 0. The Kier molecular flexibility index (Phi) is 3.27. The van der Waals surface area contributed by atoms with E-state index in [1.807, 2.05) is 12.1 Å². The van der Waals surface area contributed by atoms with Crippen molar-refractivity contribution in [3.05, 3.63) is 34.9 Å². The molecular weight excluding hydrogens is 218 g/mol. The molecule has 0 aliphatic heterocycles. The summed E-state index contributed by atoms with van der Waals surface area (Å²) in [6.45, 7) is 4.67. The summed E-state index contributed by atoms with van der Waals surface area (Å²) in [5, 5.41) is 0.799. The summed E-state index contributed by atoms with van der Waals surface area (Å²) >= 11 is 5.91. The molecule has 0 bridgehead atoms. The van der Waals surface area contributed by atoms with Crippen molar-refractivity contribution in [3.8, 4) is 0 Å². The van der Waals surface area contributed by atoms with Crippen LogP contribution in [0.15, 0.2) is 24.3 Å². The molecule has 1 aromatic rings.